The minimum atomic E-state index is -4.78. The first-order valence-corrected chi connectivity index (χ1v) is 13.6. The summed E-state index contributed by atoms with van der Waals surface area (Å²) in [5.41, 5.74) is 2.11. The maximum atomic E-state index is 14.2. The van der Waals surface area contributed by atoms with Crippen molar-refractivity contribution in [2.45, 2.75) is 58.0 Å². The van der Waals surface area contributed by atoms with E-state index >= 15 is 0 Å². The van der Waals surface area contributed by atoms with Gasteiger partial charge in [0.25, 0.3) is 0 Å². The Labute approximate surface area is 244 Å². The zero-order valence-electron chi connectivity index (χ0n) is 23.1. The summed E-state index contributed by atoms with van der Waals surface area (Å²) in [6.45, 7) is 4.11. The molecule has 0 N–H and O–H groups in total. The van der Waals surface area contributed by atoms with Crippen molar-refractivity contribution in [3.8, 4) is 11.4 Å². The number of benzene rings is 2. The molecule has 42 heavy (non-hydrogen) atoms. The molecular formula is C28H28ClF3N6O4. The zero-order valence-corrected chi connectivity index (χ0v) is 23.8. The lowest BCUT2D eigenvalue weighted by Crippen LogP contribution is -2.17. The van der Waals surface area contributed by atoms with Gasteiger partial charge in [-0.1, -0.05) is 23.7 Å². The van der Waals surface area contributed by atoms with Crippen molar-refractivity contribution in [2.24, 2.45) is 0 Å². The molecule has 0 radical (unpaired) electrons. The first-order chi connectivity index (χ1) is 20.1. The van der Waals surface area contributed by atoms with Crippen molar-refractivity contribution in [3.63, 3.8) is 0 Å². The number of esters is 1. The number of aromatic nitrogens is 6. The number of nitrogens with zero attached hydrogens (tertiary/aromatic N) is 6. The van der Waals surface area contributed by atoms with Crippen LogP contribution in [-0.4, -0.2) is 49.2 Å². The number of alkyl halides is 3. The normalized spacial score (nSPS) is 16.5. The number of halogens is 4. The van der Waals surface area contributed by atoms with Crippen LogP contribution in [0.1, 0.15) is 66.1 Å². The van der Waals surface area contributed by atoms with Crippen LogP contribution in [0.15, 0.2) is 42.7 Å². The molecule has 2 aromatic carbocycles. The number of rotatable bonds is 9. The third kappa shape index (κ3) is 5.97. The standard InChI is InChI=1S/C28H28ClF3N6O4/c1-4-41-24(39)11-10-23-33-15-37(36-23)13-12-22-26-34-35-27(28(30,31)32)38(26)20-9-8-17(29)14-19(20)25(42-22)18-6-5-7-21(40-3)16(18)2/h5-9,14-15,22,25H,4,10-13H2,1-3H3/t22-,25-/m1/s1. The third-order valence-corrected chi connectivity index (χ3v) is 7.17. The Morgan fingerprint density at radius 3 is 2.71 bits per heavy atom. The van der Waals surface area contributed by atoms with Gasteiger partial charge in [-0.25, -0.2) is 4.98 Å². The molecule has 0 fully saturated rings. The van der Waals surface area contributed by atoms with Gasteiger partial charge in [0.1, 0.15) is 24.3 Å². The maximum absolute atomic E-state index is 14.2. The highest BCUT2D eigenvalue weighted by atomic mass is 35.5. The lowest BCUT2D eigenvalue weighted by atomic mass is 9.95. The first kappa shape index (κ1) is 29.5. The molecule has 0 unspecified atom stereocenters. The van der Waals surface area contributed by atoms with Crippen LogP contribution in [-0.2, 0) is 33.4 Å². The molecule has 4 aromatic rings. The molecular weight excluding hydrogens is 577 g/mol. The van der Waals surface area contributed by atoms with Gasteiger partial charge in [0.05, 0.1) is 25.8 Å². The monoisotopic (exact) mass is 604 g/mol. The highest BCUT2D eigenvalue weighted by Crippen LogP contribution is 2.45. The van der Waals surface area contributed by atoms with Crippen LogP contribution in [0, 0.1) is 6.92 Å². The van der Waals surface area contributed by atoms with Gasteiger partial charge in [-0.2, -0.15) is 18.3 Å². The summed E-state index contributed by atoms with van der Waals surface area (Å²) in [6, 6.07) is 10.1. The Kier molecular flexibility index (Phi) is 8.50. The van der Waals surface area contributed by atoms with E-state index in [1.54, 1.807) is 36.9 Å². The lowest BCUT2D eigenvalue weighted by Gasteiger charge is -2.25. The van der Waals surface area contributed by atoms with Crippen LogP contribution in [0.4, 0.5) is 13.2 Å². The number of carbonyl (C=O) groups excluding carboxylic acids is 1. The molecule has 0 bridgehead atoms. The van der Waals surface area contributed by atoms with E-state index in [1.165, 1.54) is 18.5 Å². The lowest BCUT2D eigenvalue weighted by molar-refractivity contribution is -0.146. The maximum Gasteiger partial charge on any atom is 0.452 e. The third-order valence-electron chi connectivity index (χ3n) is 6.93. The SMILES string of the molecule is CCOC(=O)CCc1ncn(CC[C@H]2O[C@H](c3cccc(OC)c3C)c3cc(Cl)ccc3-n3c2nnc3C(F)(F)F)n1. The van der Waals surface area contributed by atoms with E-state index in [1.807, 2.05) is 13.0 Å². The Bertz CT molecular complexity index is 1590. The minimum absolute atomic E-state index is 0.00315. The number of carbonyl (C=O) groups is 1. The second kappa shape index (κ2) is 12.1. The highest BCUT2D eigenvalue weighted by molar-refractivity contribution is 6.30. The summed E-state index contributed by atoms with van der Waals surface area (Å²) in [7, 11) is 1.55. The predicted molar refractivity (Wildman–Crippen MR) is 144 cm³/mol. The van der Waals surface area contributed by atoms with E-state index in [0.29, 0.717) is 34.1 Å². The average molecular weight is 605 g/mol. The first-order valence-electron chi connectivity index (χ1n) is 13.3. The molecule has 2 aromatic heterocycles. The van der Waals surface area contributed by atoms with Gasteiger partial charge in [0, 0.05) is 30.0 Å². The van der Waals surface area contributed by atoms with E-state index < -0.39 is 24.2 Å². The van der Waals surface area contributed by atoms with Gasteiger partial charge in [0.15, 0.2) is 11.6 Å². The van der Waals surface area contributed by atoms with Crippen molar-refractivity contribution in [3.05, 3.63) is 81.9 Å². The fraction of sp³-hybridized carbons (Fsp3) is 0.393. The Morgan fingerprint density at radius 2 is 1.98 bits per heavy atom. The van der Waals surface area contributed by atoms with Crippen LogP contribution in [0.2, 0.25) is 5.02 Å². The van der Waals surface area contributed by atoms with Gasteiger partial charge < -0.3 is 14.2 Å². The van der Waals surface area contributed by atoms with Crippen LogP contribution >= 0.6 is 11.6 Å². The number of ether oxygens (including phenoxy) is 3. The quantitative estimate of drug-likeness (QED) is 0.228. The molecule has 5 rings (SSSR count). The molecule has 14 heteroatoms. The van der Waals surface area contributed by atoms with Gasteiger partial charge in [0.2, 0.25) is 5.82 Å². The van der Waals surface area contributed by atoms with E-state index in [4.69, 9.17) is 25.8 Å². The second-order valence-electron chi connectivity index (χ2n) is 9.61. The van der Waals surface area contributed by atoms with Crippen molar-refractivity contribution in [1.29, 1.82) is 0 Å². The summed E-state index contributed by atoms with van der Waals surface area (Å²) in [4.78, 5) is 15.9. The predicted octanol–water partition coefficient (Wildman–Crippen LogP) is 5.59. The van der Waals surface area contributed by atoms with Crippen molar-refractivity contribution < 1.29 is 32.2 Å². The number of hydrogen-bond acceptors (Lipinski definition) is 8. The molecule has 0 saturated heterocycles. The van der Waals surface area contributed by atoms with Crippen molar-refractivity contribution >= 4 is 17.6 Å². The average Bonchev–Trinajstić information content (AvgIpc) is 3.58. The molecule has 0 saturated carbocycles. The van der Waals surface area contributed by atoms with E-state index in [2.05, 4.69) is 20.3 Å². The fourth-order valence-electron chi connectivity index (χ4n) is 4.99. The molecule has 0 aliphatic carbocycles. The summed E-state index contributed by atoms with van der Waals surface area (Å²) >= 11 is 6.36. The van der Waals surface area contributed by atoms with Gasteiger partial charge in [-0.05, 0) is 49.2 Å². The summed E-state index contributed by atoms with van der Waals surface area (Å²) in [5.74, 6) is -0.469. The van der Waals surface area contributed by atoms with Crippen LogP contribution < -0.4 is 4.74 Å². The summed E-state index contributed by atoms with van der Waals surface area (Å²) in [5, 5.41) is 12.2. The minimum Gasteiger partial charge on any atom is -0.496 e. The van der Waals surface area contributed by atoms with E-state index in [0.717, 1.165) is 10.1 Å². The number of hydrogen-bond donors (Lipinski definition) is 0. The van der Waals surface area contributed by atoms with E-state index in [9.17, 15) is 18.0 Å². The van der Waals surface area contributed by atoms with Gasteiger partial charge in [-0.15, -0.1) is 10.2 Å². The Morgan fingerprint density at radius 1 is 1.17 bits per heavy atom. The smallest absolute Gasteiger partial charge is 0.452 e. The van der Waals surface area contributed by atoms with Crippen molar-refractivity contribution in [1.82, 2.24) is 29.5 Å². The molecule has 1 aliphatic rings. The topological polar surface area (TPSA) is 106 Å². The van der Waals surface area contributed by atoms with Crippen LogP contribution in [0.5, 0.6) is 5.75 Å². The van der Waals surface area contributed by atoms with E-state index in [-0.39, 0.29) is 43.5 Å². The molecule has 1 aliphatic heterocycles. The summed E-state index contributed by atoms with van der Waals surface area (Å²) in [6.07, 6.45) is -4.39. The van der Waals surface area contributed by atoms with Gasteiger partial charge in [-0.3, -0.25) is 14.0 Å². The molecule has 222 valence electrons. The molecule has 0 spiro atoms. The number of methoxy groups -OCH3 is 1. The Hall–Kier alpha value is -3.97. The number of fused-ring (bicyclic) bond motifs is 3. The zero-order chi connectivity index (χ0) is 30.0. The van der Waals surface area contributed by atoms with Crippen LogP contribution in [0.3, 0.4) is 0 Å². The van der Waals surface area contributed by atoms with Crippen molar-refractivity contribution in [2.75, 3.05) is 13.7 Å². The molecule has 3 heterocycles. The Balaban J connectivity index is 1.53. The number of aryl methyl sites for hydroxylation is 2. The highest BCUT2D eigenvalue weighted by Gasteiger charge is 2.43. The van der Waals surface area contributed by atoms with Crippen LogP contribution in [0.25, 0.3) is 5.69 Å². The molecule has 10 nitrogen and oxygen atoms in total. The largest absolute Gasteiger partial charge is 0.496 e. The molecule has 0 amide bonds. The molecule has 2 atom stereocenters. The van der Waals surface area contributed by atoms with Gasteiger partial charge >= 0.3 is 12.1 Å². The fourth-order valence-corrected chi connectivity index (χ4v) is 5.17. The second-order valence-corrected chi connectivity index (χ2v) is 10.1. The summed E-state index contributed by atoms with van der Waals surface area (Å²) < 4.78 is 62.2.